The highest BCUT2D eigenvalue weighted by Crippen LogP contribution is 2.20. The van der Waals surface area contributed by atoms with Crippen molar-refractivity contribution in [3.8, 4) is 0 Å². The monoisotopic (exact) mass is 256 g/mol. The van der Waals surface area contributed by atoms with E-state index in [1.807, 2.05) is 37.3 Å². The number of amides is 1. The molecule has 2 rings (SSSR count). The van der Waals surface area contributed by atoms with Gasteiger partial charge < -0.3 is 16.4 Å². The van der Waals surface area contributed by atoms with Crippen LogP contribution in [0, 0.1) is 6.92 Å². The maximum Gasteiger partial charge on any atom is 0.221 e. The van der Waals surface area contributed by atoms with Gasteiger partial charge in [0.2, 0.25) is 5.91 Å². The van der Waals surface area contributed by atoms with E-state index in [2.05, 4.69) is 15.6 Å². The Morgan fingerprint density at radius 1 is 1.26 bits per heavy atom. The van der Waals surface area contributed by atoms with Gasteiger partial charge in [-0.2, -0.15) is 0 Å². The Kier molecular flexibility index (Phi) is 3.66. The lowest BCUT2D eigenvalue weighted by Crippen LogP contribution is -2.05. The van der Waals surface area contributed by atoms with Crippen molar-refractivity contribution in [2.24, 2.45) is 0 Å². The van der Waals surface area contributed by atoms with Crippen molar-refractivity contribution in [2.75, 3.05) is 16.4 Å². The van der Waals surface area contributed by atoms with E-state index in [-0.39, 0.29) is 5.91 Å². The Hall–Kier alpha value is -2.56. The average Bonchev–Trinajstić information content (AvgIpc) is 2.33. The molecule has 1 aromatic heterocycles. The minimum Gasteiger partial charge on any atom is -0.397 e. The molecule has 0 aliphatic carbocycles. The number of carbonyl (C=O) groups excluding carboxylic acids is 1. The van der Waals surface area contributed by atoms with Crippen molar-refractivity contribution in [2.45, 2.75) is 13.8 Å². The van der Waals surface area contributed by atoms with Crippen LogP contribution in [0.2, 0.25) is 0 Å². The van der Waals surface area contributed by atoms with Gasteiger partial charge in [-0.15, -0.1) is 0 Å². The summed E-state index contributed by atoms with van der Waals surface area (Å²) in [4.78, 5) is 15.2. The Balaban J connectivity index is 2.18. The van der Waals surface area contributed by atoms with Gasteiger partial charge in [0.25, 0.3) is 0 Å². The van der Waals surface area contributed by atoms with Crippen LogP contribution in [-0.4, -0.2) is 10.9 Å². The maximum absolute atomic E-state index is 11.0. The lowest BCUT2D eigenvalue weighted by molar-refractivity contribution is -0.114. The Bertz CT molecular complexity index is 610. The van der Waals surface area contributed by atoms with Crippen LogP contribution in [-0.2, 0) is 4.79 Å². The maximum atomic E-state index is 11.0. The van der Waals surface area contributed by atoms with Crippen molar-refractivity contribution in [3.63, 3.8) is 0 Å². The van der Waals surface area contributed by atoms with Crippen molar-refractivity contribution in [1.29, 1.82) is 0 Å². The largest absolute Gasteiger partial charge is 0.397 e. The molecule has 1 heterocycles. The second-order valence-corrected chi connectivity index (χ2v) is 4.31. The fourth-order valence-corrected chi connectivity index (χ4v) is 1.66. The van der Waals surface area contributed by atoms with Gasteiger partial charge in [0, 0.05) is 18.3 Å². The quantitative estimate of drug-likeness (QED) is 0.788. The summed E-state index contributed by atoms with van der Waals surface area (Å²) in [5, 5.41) is 5.90. The van der Waals surface area contributed by atoms with Gasteiger partial charge in [-0.3, -0.25) is 4.79 Å². The first kappa shape index (κ1) is 12.9. The van der Waals surface area contributed by atoms with Crippen LogP contribution in [0.3, 0.4) is 0 Å². The lowest BCUT2D eigenvalue weighted by Gasteiger charge is -2.09. The molecule has 0 radical (unpaired) electrons. The van der Waals surface area contributed by atoms with E-state index < -0.39 is 0 Å². The zero-order valence-corrected chi connectivity index (χ0v) is 10.9. The first-order chi connectivity index (χ1) is 9.04. The summed E-state index contributed by atoms with van der Waals surface area (Å²) in [6.07, 6.45) is 1.62. The fraction of sp³-hybridized carbons (Fsp3) is 0.143. The third kappa shape index (κ3) is 3.45. The zero-order valence-electron chi connectivity index (χ0n) is 10.9. The second-order valence-electron chi connectivity index (χ2n) is 4.31. The predicted molar refractivity (Wildman–Crippen MR) is 77.4 cm³/mol. The number of pyridine rings is 1. The van der Waals surface area contributed by atoms with Crippen molar-refractivity contribution in [1.82, 2.24) is 4.98 Å². The van der Waals surface area contributed by atoms with Crippen LogP contribution in [0.5, 0.6) is 0 Å². The smallest absolute Gasteiger partial charge is 0.221 e. The number of carbonyl (C=O) groups is 1. The molecule has 4 N–H and O–H groups in total. The zero-order chi connectivity index (χ0) is 13.8. The number of nitrogen functional groups attached to an aromatic ring is 1. The van der Waals surface area contributed by atoms with Crippen LogP contribution in [0.25, 0.3) is 0 Å². The Labute approximate surface area is 111 Å². The second kappa shape index (κ2) is 5.39. The predicted octanol–water partition coefficient (Wildman–Crippen LogP) is 2.67. The van der Waals surface area contributed by atoms with E-state index in [0.717, 1.165) is 16.9 Å². The van der Waals surface area contributed by atoms with E-state index >= 15 is 0 Å². The van der Waals surface area contributed by atoms with Gasteiger partial charge in [-0.25, -0.2) is 4.98 Å². The molecule has 5 heteroatoms. The summed E-state index contributed by atoms with van der Waals surface area (Å²) in [5.74, 6) is 0.616. The highest BCUT2D eigenvalue weighted by Gasteiger charge is 2.01. The minimum absolute atomic E-state index is 0.0985. The normalized spacial score (nSPS) is 10.0. The number of aryl methyl sites for hydroxylation is 1. The summed E-state index contributed by atoms with van der Waals surface area (Å²) in [7, 11) is 0. The van der Waals surface area contributed by atoms with E-state index in [1.165, 1.54) is 6.92 Å². The summed E-state index contributed by atoms with van der Waals surface area (Å²) in [6.45, 7) is 3.40. The number of nitrogens with two attached hydrogens (primary N) is 1. The number of rotatable bonds is 3. The highest BCUT2D eigenvalue weighted by atomic mass is 16.1. The average molecular weight is 256 g/mol. The van der Waals surface area contributed by atoms with Crippen molar-refractivity contribution in [3.05, 3.63) is 42.1 Å². The van der Waals surface area contributed by atoms with Crippen molar-refractivity contribution >= 4 is 28.8 Å². The molecule has 0 unspecified atom stereocenters. The molecule has 2 aromatic rings. The third-order valence-electron chi connectivity index (χ3n) is 2.61. The summed E-state index contributed by atoms with van der Waals surface area (Å²) < 4.78 is 0. The number of aromatic nitrogens is 1. The van der Waals surface area contributed by atoms with Gasteiger partial charge in [-0.1, -0.05) is 6.07 Å². The molecule has 0 spiro atoms. The van der Waals surface area contributed by atoms with Crippen LogP contribution in [0.1, 0.15) is 12.5 Å². The number of hydrogen-bond donors (Lipinski definition) is 3. The molecule has 0 atom stereocenters. The molecule has 98 valence electrons. The molecule has 0 bridgehead atoms. The topological polar surface area (TPSA) is 80.0 Å². The van der Waals surface area contributed by atoms with Crippen LogP contribution in [0.15, 0.2) is 36.5 Å². The molecular formula is C14H16N4O. The highest BCUT2D eigenvalue weighted by molar-refractivity contribution is 5.89. The molecular weight excluding hydrogens is 240 g/mol. The van der Waals surface area contributed by atoms with E-state index in [4.69, 9.17) is 5.73 Å². The number of nitrogens with one attached hydrogen (secondary N) is 2. The molecule has 0 fully saturated rings. The molecule has 0 aliphatic heterocycles. The number of anilines is 4. The SMILES string of the molecule is CC(=O)Nc1cccc(Nc2cc(C)c(N)cn2)c1. The molecule has 1 amide bonds. The summed E-state index contributed by atoms with van der Waals surface area (Å²) in [5.41, 5.74) is 8.95. The van der Waals surface area contributed by atoms with E-state index in [0.29, 0.717) is 11.5 Å². The standard InChI is InChI=1S/C14H16N4O/c1-9-6-14(16-8-13(9)15)18-12-5-3-4-11(7-12)17-10(2)19/h3-8H,15H2,1-2H3,(H,16,18)(H,17,19). The van der Waals surface area contributed by atoms with Crippen LogP contribution < -0.4 is 16.4 Å². The first-order valence-corrected chi connectivity index (χ1v) is 5.91. The summed E-state index contributed by atoms with van der Waals surface area (Å²) in [6, 6.07) is 9.31. The van der Waals surface area contributed by atoms with Gasteiger partial charge >= 0.3 is 0 Å². The molecule has 19 heavy (non-hydrogen) atoms. The molecule has 0 saturated heterocycles. The van der Waals surface area contributed by atoms with Gasteiger partial charge in [-0.05, 0) is 36.8 Å². The Morgan fingerprint density at radius 2 is 2.00 bits per heavy atom. The van der Waals surface area contributed by atoms with Gasteiger partial charge in [0.15, 0.2) is 0 Å². The van der Waals surface area contributed by atoms with Gasteiger partial charge in [0.05, 0.1) is 11.9 Å². The molecule has 1 aromatic carbocycles. The molecule has 0 aliphatic rings. The van der Waals surface area contributed by atoms with Crippen LogP contribution >= 0.6 is 0 Å². The lowest BCUT2D eigenvalue weighted by atomic mass is 10.2. The number of benzene rings is 1. The summed E-state index contributed by atoms with van der Waals surface area (Å²) >= 11 is 0. The molecule has 0 saturated carbocycles. The van der Waals surface area contributed by atoms with Gasteiger partial charge in [0.1, 0.15) is 5.82 Å². The number of hydrogen-bond acceptors (Lipinski definition) is 4. The number of nitrogens with zero attached hydrogens (tertiary/aromatic N) is 1. The third-order valence-corrected chi connectivity index (χ3v) is 2.61. The van der Waals surface area contributed by atoms with Crippen molar-refractivity contribution < 1.29 is 4.79 Å². The van der Waals surface area contributed by atoms with Crippen LogP contribution in [0.4, 0.5) is 22.9 Å². The van der Waals surface area contributed by atoms with E-state index in [9.17, 15) is 4.79 Å². The Morgan fingerprint density at radius 3 is 2.68 bits per heavy atom. The van der Waals surface area contributed by atoms with E-state index in [1.54, 1.807) is 6.20 Å². The minimum atomic E-state index is -0.0985. The molecule has 5 nitrogen and oxygen atoms in total. The first-order valence-electron chi connectivity index (χ1n) is 5.91. The fourth-order valence-electron chi connectivity index (χ4n) is 1.66.